The highest BCUT2D eigenvalue weighted by molar-refractivity contribution is 6.16. The van der Waals surface area contributed by atoms with Gasteiger partial charge in [0.25, 0.3) is 5.56 Å². The number of carbonyl (C=O) groups excluding carboxylic acids is 1. The van der Waals surface area contributed by atoms with Crippen molar-refractivity contribution in [3.63, 3.8) is 0 Å². The van der Waals surface area contributed by atoms with Gasteiger partial charge in [-0.25, -0.2) is 9.94 Å². The summed E-state index contributed by atoms with van der Waals surface area (Å²) in [6.07, 6.45) is 2.20. The smallest absolute Gasteiger partial charge is 0.258 e. The van der Waals surface area contributed by atoms with Crippen molar-refractivity contribution in [3.8, 4) is 11.1 Å². The van der Waals surface area contributed by atoms with Crippen molar-refractivity contribution in [1.29, 1.82) is 0 Å². The maximum Gasteiger partial charge on any atom is 0.258 e. The fourth-order valence-corrected chi connectivity index (χ4v) is 5.47. The number of amides is 1. The number of fused-ring (bicyclic) bond motifs is 1. The van der Waals surface area contributed by atoms with Crippen LogP contribution in [0.1, 0.15) is 61.8 Å². The van der Waals surface area contributed by atoms with Crippen LogP contribution in [-0.4, -0.2) is 44.5 Å². The van der Waals surface area contributed by atoms with Gasteiger partial charge in [-0.15, -0.1) is 0 Å². The number of aromatic nitrogens is 4. The number of nitrogens with zero attached hydrogens (tertiary/aromatic N) is 5. The van der Waals surface area contributed by atoms with Gasteiger partial charge in [0.1, 0.15) is 5.82 Å². The van der Waals surface area contributed by atoms with E-state index >= 15 is 0 Å². The number of nitrogens with one attached hydrogen (secondary N) is 1. The summed E-state index contributed by atoms with van der Waals surface area (Å²) in [6.45, 7) is 9.06. The van der Waals surface area contributed by atoms with Gasteiger partial charge in [0, 0.05) is 36.6 Å². The topological polar surface area (TPSA) is 103 Å². The molecule has 2 aromatic carbocycles. The molecule has 4 aromatic rings. The Kier molecular flexibility index (Phi) is 7.67. The predicted molar refractivity (Wildman–Crippen MR) is 156 cm³/mol. The molecule has 0 spiro atoms. The number of hydrazone groups is 1. The van der Waals surface area contributed by atoms with Gasteiger partial charge >= 0.3 is 0 Å². The molecule has 3 heterocycles. The third-order valence-electron chi connectivity index (χ3n) is 7.16. The van der Waals surface area contributed by atoms with Gasteiger partial charge in [0.05, 0.1) is 24.4 Å². The van der Waals surface area contributed by atoms with Crippen molar-refractivity contribution in [2.24, 2.45) is 10.5 Å². The summed E-state index contributed by atoms with van der Waals surface area (Å²) in [5.41, 5.74) is 8.40. The Bertz CT molecular complexity index is 1650. The standard InChI is InChI=1S/C31H36N6O3/c1-6-10-27-25(29(39)36(18-31(3,4)19-40-5)30-32-20(2)35-37(27)30)16-21-13-14-23(22-11-8-7-9-12-22)24(15-21)26-17-28(38)34-33-26/h7-9,11-15H,6,10,16-19H2,1-5H3,(H,34,38). The summed E-state index contributed by atoms with van der Waals surface area (Å²) < 4.78 is 9.04. The highest BCUT2D eigenvalue weighted by Crippen LogP contribution is 2.28. The summed E-state index contributed by atoms with van der Waals surface area (Å²) in [5, 5.41) is 9.02. The molecule has 1 amide bonds. The summed E-state index contributed by atoms with van der Waals surface area (Å²) in [6, 6.07) is 16.2. The molecule has 0 saturated carbocycles. The van der Waals surface area contributed by atoms with E-state index in [0.717, 1.165) is 34.4 Å². The van der Waals surface area contributed by atoms with Crippen molar-refractivity contribution < 1.29 is 9.53 Å². The highest BCUT2D eigenvalue weighted by Gasteiger charge is 2.26. The van der Waals surface area contributed by atoms with Crippen LogP contribution < -0.4 is 11.0 Å². The average molecular weight is 541 g/mol. The second-order valence-corrected chi connectivity index (χ2v) is 11.2. The Morgan fingerprint density at radius 2 is 1.85 bits per heavy atom. The molecular weight excluding hydrogens is 504 g/mol. The maximum absolute atomic E-state index is 14.2. The normalized spacial score (nSPS) is 13.6. The van der Waals surface area contributed by atoms with E-state index < -0.39 is 0 Å². The summed E-state index contributed by atoms with van der Waals surface area (Å²) in [4.78, 5) is 30.9. The number of carbonyl (C=O) groups is 1. The van der Waals surface area contributed by atoms with Gasteiger partial charge in [-0.3, -0.25) is 14.2 Å². The monoisotopic (exact) mass is 540 g/mol. The zero-order valence-electron chi connectivity index (χ0n) is 23.8. The Morgan fingerprint density at radius 1 is 1.07 bits per heavy atom. The number of rotatable bonds is 10. The quantitative estimate of drug-likeness (QED) is 0.323. The van der Waals surface area contributed by atoms with Crippen LogP contribution in [-0.2, 0) is 28.9 Å². The molecule has 40 heavy (non-hydrogen) atoms. The van der Waals surface area contributed by atoms with Gasteiger partial charge < -0.3 is 4.74 Å². The Hall–Kier alpha value is -4.11. The molecule has 9 heteroatoms. The lowest BCUT2D eigenvalue weighted by molar-refractivity contribution is -0.119. The third-order valence-corrected chi connectivity index (χ3v) is 7.16. The summed E-state index contributed by atoms with van der Waals surface area (Å²) >= 11 is 0. The Labute approximate surface area is 233 Å². The molecule has 208 valence electrons. The van der Waals surface area contributed by atoms with E-state index in [1.54, 1.807) is 11.7 Å². The lowest BCUT2D eigenvalue weighted by Crippen LogP contribution is -2.35. The molecule has 2 aromatic heterocycles. The molecule has 1 aliphatic rings. The van der Waals surface area contributed by atoms with Crippen LogP contribution in [0.4, 0.5) is 0 Å². The molecule has 1 N–H and O–H groups in total. The molecule has 5 rings (SSSR count). The van der Waals surface area contributed by atoms with Crippen LogP contribution in [0.25, 0.3) is 16.9 Å². The van der Waals surface area contributed by atoms with E-state index in [4.69, 9.17) is 9.84 Å². The molecule has 0 atom stereocenters. The van der Waals surface area contributed by atoms with Crippen LogP contribution in [0.2, 0.25) is 0 Å². The van der Waals surface area contributed by atoms with E-state index in [1.807, 2.05) is 41.8 Å². The van der Waals surface area contributed by atoms with Crippen molar-refractivity contribution in [2.75, 3.05) is 13.7 Å². The summed E-state index contributed by atoms with van der Waals surface area (Å²) in [7, 11) is 1.67. The van der Waals surface area contributed by atoms with Crippen molar-refractivity contribution >= 4 is 17.4 Å². The lowest BCUT2D eigenvalue weighted by atomic mass is 9.91. The maximum atomic E-state index is 14.2. The van der Waals surface area contributed by atoms with Crippen LogP contribution in [0.15, 0.2) is 58.4 Å². The van der Waals surface area contributed by atoms with E-state index in [0.29, 0.717) is 48.9 Å². The number of ether oxygens (including phenoxy) is 1. The molecule has 9 nitrogen and oxygen atoms in total. The molecule has 0 saturated heterocycles. The summed E-state index contributed by atoms with van der Waals surface area (Å²) in [5.74, 6) is 1.06. The predicted octanol–water partition coefficient (Wildman–Crippen LogP) is 4.31. The minimum Gasteiger partial charge on any atom is -0.384 e. The lowest BCUT2D eigenvalue weighted by Gasteiger charge is -2.25. The second-order valence-electron chi connectivity index (χ2n) is 11.2. The number of aryl methyl sites for hydroxylation is 2. The van der Waals surface area contributed by atoms with E-state index in [1.165, 1.54) is 0 Å². The zero-order chi connectivity index (χ0) is 28.4. The first kappa shape index (κ1) is 27.5. The number of hydrogen-bond donors (Lipinski definition) is 1. The second kappa shape index (κ2) is 11.2. The van der Waals surface area contributed by atoms with Crippen LogP contribution in [0.3, 0.4) is 0 Å². The van der Waals surface area contributed by atoms with Gasteiger partial charge in [0.2, 0.25) is 11.7 Å². The number of methoxy groups -OCH3 is 1. The SMILES string of the molecule is CCCc1c(Cc2ccc(-c3ccccc3)c(C3=NNC(=O)C3)c2)c(=O)n(CC(C)(C)COC)c2nc(C)nn12. The molecule has 0 aliphatic carbocycles. The van der Waals surface area contributed by atoms with Crippen molar-refractivity contribution in [3.05, 3.63) is 87.1 Å². The average Bonchev–Trinajstić information content (AvgIpc) is 3.54. The Morgan fingerprint density at radius 3 is 2.52 bits per heavy atom. The van der Waals surface area contributed by atoms with E-state index in [-0.39, 0.29) is 23.3 Å². The molecule has 0 bridgehead atoms. The molecule has 1 aliphatic heterocycles. The fourth-order valence-electron chi connectivity index (χ4n) is 5.47. The first-order valence-corrected chi connectivity index (χ1v) is 13.7. The number of benzene rings is 2. The highest BCUT2D eigenvalue weighted by atomic mass is 16.5. The first-order chi connectivity index (χ1) is 19.2. The van der Waals surface area contributed by atoms with Crippen LogP contribution in [0, 0.1) is 12.3 Å². The van der Waals surface area contributed by atoms with E-state index in [9.17, 15) is 9.59 Å². The molecular formula is C31H36N6O3. The van der Waals surface area contributed by atoms with Gasteiger partial charge in [-0.2, -0.15) is 15.2 Å². The zero-order valence-corrected chi connectivity index (χ0v) is 23.8. The first-order valence-electron chi connectivity index (χ1n) is 13.7. The molecule has 0 unspecified atom stereocenters. The van der Waals surface area contributed by atoms with Crippen molar-refractivity contribution in [1.82, 2.24) is 24.6 Å². The largest absolute Gasteiger partial charge is 0.384 e. The van der Waals surface area contributed by atoms with Crippen LogP contribution >= 0.6 is 0 Å². The minimum atomic E-state index is -0.285. The van der Waals surface area contributed by atoms with Crippen molar-refractivity contribution in [2.45, 2.75) is 59.9 Å². The van der Waals surface area contributed by atoms with Crippen LogP contribution in [0.5, 0.6) is 0 Å². The molecule has 0 fully saturated rings. The third kappa shape index (κ3) is 5.47. The van der Waals surface area contributed by atoms with E-state index in [2.05, 4.69) is 54.5 Å². The fraction of sp³-hybridized carbons (Fsp3) is 0.387. The van der Waals surface area contributed by atoms with Gasteiger partial charge in [-0.05, 0) is 36.1 Å². The molecule has 0 radical (unpaired) electrons. The Balaban J connectivity index is 1.66. The minimum absolute atomic E-state index is 0.0590. The number of hydrogen-bond acceptors (Lipinski definition) is 6. The van der Waals surface area contributed by atoms with Gasteiger partial charge in [0.15, 0.2) is 0 Å². The van der Waals surface area contributed by atoms with Gasteiger partial charge in [-0.1, -0.05) is 69.7 Å².